The number of nitrogens with zero attached hydrogens (tertiary/aromatic N) is 2. The molecule has 2 heterocycles. The number of pyridine rings is 1. The number of benzene rings is 2. The molecule has 152 valence electrons. The zero-order valence-corrected chi connectivity index (χ0v) is 17.3. The van der Waals surface area contributed by atoms with Crippen LogP contribution in [0.15, 0.2) is 36.4 Å². The minimum atomic E-state index is -3.60. The van der Waals surface area contributed by atoms with Crippen molar-refractivity contribution in [2.45, 2.75) is 6.92 Å². The van der Waals surface area contributed by atoms with E-state index in [-0.39, 0.29) is 6.79 Å². The van der Waals surface area contributed by atoms with Crippen molar-refractivity contribution in [2.24, 2.45) is 0 Å². The van der Waals surface area contributed by atoms with Crippen LogP contribution in [0.25, 0.3) is 22.2 Å². The summed E-state index contributed by atoms with van der Waals surface area (Å²) in [5, 5.41) is 0.939. The number of nitrogens with one attached hydrogen (secondary N) is 1. The van der Waals surface area contributed by atoms with Crippen molar-refractivity contribution >= 4 is 26.8 Å². The van der Waals surface area contributed by atoms with Gasteiger partial charge in [0.15, 0.2) is 11.5 Å². The Labute approximate surface area is 169 Å². The van der Waals surface area contributed by atoms with Crippen LogP contribution in [0.1, 0.15) is 5.56 Å². The Hall–Kier alpha value is -3.04. The van der Waals surface area contributed by atoms with Gasteiger partial charge in [-0.25, -0.2) is 4.98 Å². The molecule has 3 aromatic rings. The maximum atomic E-state index is 12.1. The van der Waals surface area contributed by atoms with Crippen molar-refractivity contribution < 1.29 is 22.6 Å². The number of methoxy groups -OCH3 is 1. The fourth-order valence-corrected chi connectivity index (χ4v) is 3.74. The van der Waals surface area contributed by atoms with E-state index in [1.54, 1.807) is 19.2 Å². The first-order valence-electron chi connectivity index (χ1n) is 8.88. The SMILES string of the molecule is COc1cc(-c2cc(C)c3ccc(NS(=O)(=O)N(C)C)cc3n2)cc2c1OCO2. The van der Waals surface area contributed by atoms with Gasteiger partial charge in [0.1, 0.15) is 0 Å². The lowest BCUT2D eigenvalue weighted by atomic mass is 10.0. The van der Waals surface area contributed by atoms with Gasteiger partial charge in [-0.1, -0.05) is 6.07 Å². The summed E-state index contributed by atoms with van der Waals surface area (Å²) in [4.78, 5) is 4.74. The summed E-state index contributed by atoms with van der Waals surface area (Å²) in [5.41, 5.74) is 3.67. The quantitative estimate of drug-likeness (QED) is 0.688. The number of aromatic nitrogens is 1. The van der Waals surface area contributed by atoms with Gasteiger partial charge in [-0.2, -0.15) is 12.7 Å². The molecule has 1 aromatic heterocycles. The van der Waals surface area contributed by atoms with Crippen LogP contribution in [0.3, 0.4) is 0 Å². The van der Waals surface area contributed by atoms with Crippen LogP contribution < -0.4 is 18.9 Å². The zero-order chi connectivity index (χ0) is 20.8. The molecule has 9 heteroatoms. The summed E-state index contributed by atoms with van der Waals surface area (Å²) >= 11 is 0. The van der Waals surface area contributed by atoms with E-state index in [0.29, 0.717) is 28.5 Å². The van der Waals surface area contributed by atoms with Crippen LogP contribution in [-0.2, 0) is 10.2 Å². The van der Waals surface area contributed by atoms with Crippen LogP contribution in [0.5, 0.6) is 17.2 Å². The van der Waals surface area contributed by atoms with Crippen LogP contribution in [0, 0.1) is 6.92 Å². The molecule has 8 nitrogen and oxygen atoms in total. The Balaban J connectivity index is 1.81. The van der Waals surface area contributed by atoms with E-state index in [4.69, 9.17) is 19.2 Å². The third-order valence-electron chi connectivity index (χ3n) is 4.70. The van der Waals surface area contributed by atoms with Gasteiger partial charge in [-0.3, -0.25) is 4.72 Å². The number of ether oxygens (including phenoxy) is 3. The molecule has 4 rings (SSSR count). The van der Waals surface area contributed by atoms with E-state index in [2.05, 4.69) is 4.72 Å². The number of hydrogen-bond donors (Lipinski definition) is 1. The van der Waals surface area contributed by atoms with Crippen LogP contribution in [0.2, 0.25) is 0 Å². The Morgan fingerprint density at radius 3 is 2.66 bits per heavy atom. The molecule has 2 aromatic carbocycles. The molecule has 0 aliphatic carbocycles. The number of aryl methyl sites for hydroxylation is 1. The van der Waals surface area contributed by atoms with Crippen molar-refractivity contribution in [3.63, 3.8) is 0 Å². The van der Waals surface area contributed by atoms with E-state index in [1.165, 1.54) is 14.1 Å². The number of rotatable bonds is 5. The lowest BCUT2D eigenvalue weighted by molar-refractivity contribution is 0.171. The first kappa shape index (κ1) is 19.3. The third-order valence-corrected chi connectivity index (χ3v) is 6.15. The zero-order valence-electron chi connectivity index (χ0n) is 16.5. The molecule has 0 radical (unpaired) electrons. The highest BCUT2D eigenvalue weighted by Crippen LogP contribution is 2.44. The molecular formula is C20H21N3O5S. The highest BCUT2D eigenvalue weighted by atomic mass is 32.2. The first-order valence-corrected chi connectivity index (χ1v) is 10.3. The molecule has 0 bridgehead atoms. The summed E-state index contributed by atoms with van der Waals surface area (Å²) in [5.74, 6) is 1.75. The van der Waals surface area contributed by atoms with Crippen molar-refractivity contribution in [1.29, 1.82) is 0 Å². The molecule has 0 atom stereocenters. The van der Waals surface area contributed by atoms with Gasteiger partial charge in [-0.05, 0) is 42.8 Å². The van der Waals surface area contributed by atoms with E-state index < -0.39 is 10.2 Å². The van der Waals surface area contributed by atoms with Gasteiger partial charge in [0, 0.05) is 25.0 Å². The summed E-state index contributed by atoms with van der Waals surface area (Å²) in [7, 11) is 0.911. The second kappa shape index (κ2) is 7.09. The highest BCUT2D eigenvalue weighted by Gasteiger charge is 2.21. The van der Waals surface area contributed by atoms with Gasteiger partial charge in [0.05, 0.1) is 24.0 Å². The van der Waals surface area contributed by atoms with Crippen molar-refractivity contribution in [1.82, 2.24) is 9.29 Å². The molecule has 0 fully saturated rings. The van der Waals surface area contributed by atoms with Crippen molar-refractivity contribution in [2.75, 3.05) is 32.7 Å². The first-order chi connectivity index (χ1) is 13.8. The van der Waals surface area contributed by atoms with Gasteiger partial charge in [0.2, 0.25) is 12.5 Å². The average Bonchev–Trinajstić information content (AvgIpc) is 3.15. The summed E-state index contributed by atoms with van der Waals surface area (Å²) in [6.45, 7) is 2.14. The number of anilines is 1. The average molecular weight is 415 g/mol. The molecule has 29 heavy (non-hydrogen) atoms. The predicted octanol–water partition coefficient (Wildman–Crippen LogP) is 3.17. The van der Waals surface area contributed by atoms with E-state index >= 15 is 0 Å². The minimum Gasteiger partial charge on any atom is -0.493 e. The summed E-state index contributed by atoms with van der Waals surface area (Å²) in [6, 6.07) is 11.0. The van der Waals surface area contributed by atoms with E-state index in [1.807, 2.05) is 31.2 Å². The molecular weight excluding hydrogens is 394 g/mol. The summed E-state index contributed by atoms with van der Waals surface area (Å²) < 4.78 is 44.3. The molecule has 0 saturated carbocycles. The fourth-order valence-electron chi connectivity index (χ4n) is 3.13. The third kappa shape index (κ3) is 3.54. The van der Waals surface area contributed by atoms with Gasteiger partial charge in [0.25, 0.3) is 0 Å². The maximum Gasteiger partial charge on any atom is 0.301 e. The van der Waals surface area contributed by atoms with E-state index in [9.17, 15) is 8.42 Å². The molecule has 1 aliphatic rings. The number of fused-ring (bicyclic) bond motifs is 2. The normalized spacial score (nSPS) is 13.1. The molecule has 0 spiro atoms. The topological polar surface area (TPSA) is 90.0 Å². The molecule has 0 amide bonds. The predicted molar refractivity (Wildman–Crippen MR) is 111 cm³/mol. The molecule has 0 saturated heterocycles. The Morgan fingerprint density at radius 1 is 1.14 bits per heavy atom. The highest BCUT2D eigenvalue weighted by molar-refractivity contribution is 7.90. The smallest absolute Gasteiger partial charge is 0.301 e. The van der Waals surface area contributed by atoms with E-state index in [0.717, 1.165) is 26.5 Å². The number of hydrogen-bond acceptors (Lipinski definition) is 6. The fraction of sp³-hybridized carbons (Fsp3) is 0.250. The molecule has 0 unspecified atom stereocenters. The van der Waals surface area contributed by atoms with Crippen LogP contribution in [-0.4, -0.2) is 45.7 Å². The second-order valence-corrected chi connectivity index (χ2v) is 8.74. The van der Waals surface area contributed by atoms with Crippen molar-refractivity contribution in [3.8, 4) is 28.5 Å². The van der Waals surface area contributed by atoms with Crippen LogP contribution in [0.4, 0.5) is 5.69 Å². The standard InChI is InChI=1S/C20H21N3O5S/c1-12-7-16(13-8-18(26-4)20-19(9-13)27-11-28-20)21-17-10-14(5-6-15(12)17)22-29(24,25)23(2)3/h5-10,22H,11H2,1-4H3. The monoisotopic (exact) mass is 415 g/mol. The Bertz CT molecular complexity index is 1210. The molecule has 1 N–H and O–H groups in total. The Morgan fingerprint density at radius 2 is 1.93 bits per heavy atom. The van der Waals surface area contributed by atoms with Gasteiger partial charge < -0.3 is 14.2 Å². The van der Waals surface area contributed by atoms with Crippen LogP contribution >= 0.6 is 0 Å². The van der Waals surface area contributed by atoms with Gasteiger partial charge in [-0.15, -0.1) is 0 Å². The largest absolute Gasteiger partial charge is 0.493 e. The van der Waals surface area contributed by atoms with Gasteiger partial charge >= 0.3 is 10.2 Å². The lowest BCUT2D eigenvalue weighted by Crippen LogP contribution is -2.28. The Kier molecular flexibility index (Phi) is 4.71. The second-order valence-electron chi connectivity index (χ2n) is 6.86. The minimum absolute atomic E-state index is 0.148. The summed E-state index contributed by atoms with van der Waals surface area (Å²) in [6.07, 6.45) is 0. The molecule has 1 aliphatic heterocycles. The maximum absolute atomic E-state index is 12.1. The lowest BCUT2D eigenvalue weighted by Gasteiger charge is -2.14. The van der Waals surface area contributed by atoms with Crippen molar-refractivity contribution in [3.05, 3.63) is 42.0 Å².